The third-order valence-corrected chi connectivity index (χ3v) is 2.09. The van der Waals surface area contributed by atoms with E-state index in [1.807, 2.05) is 34.4 Å². The molecule has 0 amide bonds. The van der Waals surface area contributed by atoms with Crippen molar-refractivity contribution in [2.45, 2.75) is 13.3 Å². The van der Waals surface area contributed by atoms with Crippen LogP contribution in [0.3, 0.4) is 0 Å². The summed E-state index contributed by atoms with van der Waals surface area (Å²) in [5, 5.41) is 0. The molecule has 0 N–H and O–H groups in total. The van der Waals surface area contributed by atoms with Gasteiger partial charge >= 0.3 is 0 Å². The standard InChI is InChI=1S/C5H9IOS/c1-2-8-4-3-5(6)7/h2-4H2,1H3. The predicted molar refractivity (Wildman–Crippen MR) is 46.6 cm³/mol. The molecule has 0 aliphatic rings. The molecule has 1 nitrogen and oxygen atoms in total. The quantitative estimate of drug-likeness (QED) is 0.428. The number of hydrogen-bond donors (Lipinski definition) is 0. The van der Waals surface area contributed by atoms with Gasteiger partial charge < -0.3 is 0 Å². The lowest BCUT2D eigenvalue weighted by atomic mass is 10.6. The minimum atomic E-state index is 0.267. The van der Waals surface area contributed by atoms with E-state index in [4.69, 9.17) is 0 Å². The Kier molecular flexibility index (Phi) is 6.43. The third-order valence-electron chi connectivity index (χ3n) is 0.647. The van der Waals surface area contributed by atoms with Gasteiger partial charge in [-0.25, -0.2) is 0 Å². The fourth-order valence-corrected chi connectivity index (χ4v) is 1.55. The molecule has 0 aromatic carbocycles. The Morgan fingerprint density at radius 3 is 2.75 bits per heavy atom. The molecule has 0 radical (unpaired) electrons. The van der Waals surface area contributed by atoms with E-state index in [2.05, 4.69) is 6.92 Å². The number of carbonyl (C=O) groups is 1. The Balaban J connectivity index is 2.82. The normalized spacial score (nSPS) is 9.25. The molecule has 0 bridgehead atoms. The van der Waals surface area contributed by atoms with Crippen molar-refractivity contribution in [3.8, 4) is 0 Å². The van der Waals surface area contributed by atoms with Gasteiger partial charge in [-0.3, -0.25) is 4.79 Å². The maximum Gasteiger partial charge on any atom is 0.193 e. The Morgan fingerprint density at radius 1 is 1.75 bits per heavy atom. The first-order valence-corrected chi connectivity index (χ1v) is 4.76. The van der Waals surface area contributed by atoms with Crippen molar-refractivity contribution in [3.63, 3.8) is 0 Å². The highest BCUT2D eigenvalue weighted by molar-refractivity contribution is 14.1. The van der Waals surface area contributed by atoms with E-state index in [9.17, 15) is 4.79 Å². The van der Waals surface area contributed by atoms with Crippen LogP contribution in [-0.4, -0.2) is 15.3 Å². The van der Waals surface area contributed by atoms with Gasteiger partial charge in [-0.2, -0.15) is 11.8 Å². The van der Waals surface area contributed by atoms with E-state index >= 15 is 0 Å². The van der Waals surface area contributed by atoms with Crippen LogP contribution in [0.25, 0.3) is 0 Å². The zero-order chi connectivity index (χ0) is 6.41. The maximum atomic E-state index is 10.3. The Bertz CT molecular complexity index is 74.8. The Labute approximate surface area is 67.7 Å². The molecule has 0 saturated heterocycles. The molecular formula is C5H9IOS. The first kappa shape index (κ1) is 8.75. The molecular weight excluding hydrogens is 235 g/mol. The Morgan fingerprint density at radius 2 is 2.38 bits per heavy atom. The molecule has 48 valence electrons. The molecule has 0 spiro atoms. The zero-order valence-electron chi connectivity index (χ0n) is 4.82. The van der Waals surface area contributed by atoms with Gasteiger partial charge in [0.25, 0.3) is 0 Å². The molecule has 0 aliphatic carbocycles. The number of hydrogen-bond acceptors (Lipinski definition) is 2. The van der Waals surface area contributed by atoms with Gasteiger partial charge in [-0.05, 0) is 28.3 Å². The molecule has 0 aliphatic heterocycles. The van der Waals surface area contributed by atoms with Crippen molar-refractivity contribution in [3.05, 3.63) is 0 Å². The number of carbonyl (C=O) groups excluding carboxylic acids is 1. The molecule has 0 heterocycles. The minimum Gasteiger partial charge on any atom is -0.288 e. The van der Waals surface area contributed by atoms with E-state index in [-0.39, 0.29) is 3.79 Å². The summed E-state index contributed by atoms with van der Waals surface area (Å²) in [6.45, 7) is 2.10. The summed E-state index contributed by atoms with van der Waals surface area (Å²) in [6.07, 6.45) is 0.721. The van der Waals surface area contributed by atoms with E-state index in [0.717, 1.165) is 17.9 Å². The van der Waals surface area contributed by atoms with Gasteiger partial charge in [-0.1, -0.05) is 6.92 Å². The predicted octanol–water partition coefficient (Wildman–Crippen LogP) is 2.09. The zero-order valence-corrected chi connectivity index (χ0v) is 7.79. The first-order chi connectivity index (χ1) is 3.77. The summed E-state index contributed by atoms with van der Waals surface area (Å²) in [4.78, 5) is 10.3. The van der Waals surface area contributed by atoms with Crippen LogP contribution in [0.4, 0.5) is 0 Å². The van der Waals surface area contributed by atoms with Crippen LogP contribution >= 0.6 is 34.4 Å². The molecule has 0 rings (SSSR count). The van der Waals surface area contributed by atoms with Crippen molar-refractivity contribution in [1.29, 1.82) is 0 Å². The van der Waals surface area contributed by atoms with Crippen LogP contribution < -0.4 is 0 Å². The van der Waals surface area contributed by atoms with E-state index < -0.39 is 0 Å². The first-order valence-electron chi connectivity index (χ1n) is 2.53. The lowest BCUT2D eigenvalue weighted by Crippen LogP contribution is -1.87. The van der Waals surface area contributed by atoms with Gasteiger partial charge in [-0.15, -0.1) is 0 Å². The summed E-state index contributed by atoms with van der Waals surface area (Å²) in [5.74, 6) is 2.10. The SMILES string of the molecule is CCSCCC(=O)I. The van der Waals surface area contributed by atoms with Gasteiger partial charge in [0.15, 0.2) is 3.79 Å². The van der Waals surface area contributed by atoms with Crippen molar-refractivity contribution in [1.82, 2.24) is 0 Å². The average Bonchev–Trinajstić information content (AvgIpc) is 1.66. The maximum absolute atomic E-state index is 10.3. The van der Waals surface area contributed by atoms with Crippen molar-refractivity contribution < 1.29 is 4.79 Å². The van der Waals surface area contributed by atoms with Gasteiger partial charge in [0, 0.05) is 12.2 Å². The third kappa shape index (κ3) is 6.75. The Hall–Kier alpha value is 0.750. The molecule has 0 aromatic rings. The topological polar surface area (TPSA) is 17.1 Å². The van der Waals surface area contributed by atoms with Gasteiger partial charge in [0.05, 0.1) is 0 Å². The molecule has 3 heteroatoms. The summed E-state index contributed by atoms with van der Waals surface area (Å²) in [5.41, 5.74) is 0. The lowest BCUT2D eigenvalue weighted by molar-refractivity contribution is -0.109. The summed E-state index contributed by atoms with van der Waals surface area (Å²) in [7, 11) is 0. The molecule has 8 heavy (non-hydrogen) atoms. The molecule has 0 saturated carbocycles. The lowest BCUT2D eigenvalue weighted by Gasteiger charge is -1.90. The van der Waals surface area contributed by atoms with Crippen LogP contribution in [0.2, 0.25) is 0 Å². The molecule has 0 fully saturated rings. The van der Waals surface area contributed by atoms with Crippen molar-refractivity contribution in [2.75, 3.05) is 11.5 Å². The minimum absolute atomic E-state index is 0.267. The van der Waals surface area contributed by atoms with Crippen LogP contribution in [0.5, 0.6) is 0 Å². The van der Waals surface area contributed by atoms with Gasteiger partial charge in [0.1, 0.15) is 0 Å². The highest BCUT2D eigenvalue weighted by Gasteiger charge is 1.91. The molecule has 0 unspecified atom stereocenters. The number of rotatable bonds is 4. The monoisotopic (exact) mass is 244 g/mol. The second-order valence-corrected chi connectivity index (χ2v) is 3.90. The average molecular weight is 244 g/mol. The largest absolute Gasteiger partial charge is 0.288 e. The van der Waals surface area contributed by atoms with Crippen LogP contribution in [0.15, 0.2) is 0 Å². The number of halogens is 1. The number of thioether (sulfide) groups is 1. The second kappa shape index (κ2) is 5.88. The van der Waals surface area contributed by atoms with Gasteiger partial charge in [0.2, 0.25) is 0 Å². The summed E-state index contributed by atoms with van der Waals surface area (Å²) < 4.78 is 0.267. The van der Waals surface area contributed by atoms with Crippen LogP contribution in [0, 0.1) is 0 Å². The summed E-state index contributed by atoms with van der Waals surface area (Å²) >= 11 is 3.64. The van der Waals surface area contributed by atoms with E-state index in [0.29, 0.717) is 0 Å². The van der Waals surface area contributed by atoms with E-state index in [1.54, 1.807) is 0 Å². The second-order valence-electron chi connectivity index (χ2n) is 1.30. The molecule has 0 atom stereocenters. The highest BCUT2D eigenvalue weighted by Crippen LogP contribution is 2.03. The smallest absolute Gasteiger partial charge is 0.193 e. The van der Waals surface area contributed by atoms with Crippen molar-refractivity contribution >= 4 is 38.1 Å². The highest BCUT2D eigenvalue weighted by atomic mass is 127. The van der Waals surface area contributed by atoms with Crippen LogP contribution in [0.1, 0.15) is 13.3 Å². The summed E-state index contributed by atoms with van der Waals surface area (Å²) in [6, 6.07) is 0. The van der Waals surface area contributed by atoms with E-state index in [1.165, 1.54) is 0 Å². The fourth-order valence-electron chi connectivity index (χ4n) is 0.297. The molecule has 0 aromatic heterocycles. The van der Waals surface area contributed by atoms with Crippen LogP contribution in [-0.2, 0) is 4.79 Å². The van der Waals surface area contributed by atoms with Crippen molar-refractivity contribution in [2.24, 2.45) is 0 Å². The fraction of sp³-hybridized carbons (Fsp3) is 0.800.